The van der Waals surface area contributed by atoms with Gasteiger partial charge in [-0.3, -0.25) is 19.2 Å². The van der Waals surface area contributed by atoms with E-state index in [1.54, 1.807) is 6.92 Å². The van der Waals surface area contributed by atoms with Crippen LogP contribution in [-0.4, -0.2) is 30.7 Å². The van der Waals surface area contributed by atoms with Crippen LogP contribution in [0.1, 0.15) is 108 Å². The molecule has 1 aliphatic carbocycles. The van der Waals surface area contributed by atoms with Gasteiger partial charge in [0.15, 0.2) is 5.78 Å². The lowest BCUT2D eigenvalue weighted by atomic mass is 9.92. The van der Waals surface area contributed by atoms with E-state index in [-0.39, 0.29) is 23.6 Å². The van der Waals surface area contributed by atoms with E-state index in [1.807, 2.05) is 54.6 Å². The maximum Gasteiger partial charge on any atom is 0.243 e. The minimum absolute atomic E-state index is 0.00125. The first-order chi connectivity index (χ1) is 20.0. The lowest BCUT2D eigenvalue weighted by Crippen LogP contribution is -2.28. The van der Waals surface area contributed by atoms with E-state index in [0.717, 1.165) is 48.9 Å². The molecular formula is C34H49N3O4. The second kappa shape index (κ2) is 19.2. The molecule has 0 heterocycles. The molecule has 1 saturated carbocycles. The van der Waals surface area contributed by atoms with Gasteiger partial charge in [-0.25, -0.2) is 5.48 Å². The van der Waals surface area contributed by atoms with E-state index in [4.69, 9.17) is 4.84 Å². The van der Waals surface area contributed by atoms with Crippen LogP contribution >= 0.6 is 0 Å². The predicted octanol–water partition coefficient (Wildman–Crippen LogP) is 6.84. The highest BCUT2D eigenvalue weighted by molar-refractivity contribution is 5.90. The van der Waals surface area contributed by atoms with Crippen LogP contribution in [-0.2, 0) is 25.6 Å². The number of hydrogen-bond acceptors (Lipinski definition) is 5. The number of amides is 2. The Morgan fingerprint density at radius 2 is 1.51 bits per heavy atom. The van der Waals surface area contributed by atoms with Gasteiger partial charge in [0.25, 0.3) is 0 Å². The fraction of sp³-hybridized carbons (Fsp3) is 0.559. The number of carbonyl (C=O) groups is 3. The van der Waals surface area contributed by atoms with E-state index in [1.165, 1.54) is 44.9 Å². The lowest BCUT2D eigenvalue weighted by molar-refractivity contribution is -0.135. The number of unbranched alkanes of at least 4 members (excludes halogenated alkanes) is 3. The third-order valence-electron chi connectivity index (χ3n) is 7.80. The van der Waals surface area contributed by atoms with Crippen LogP contribution in [0.15, 0.2) is 54.6 Å². The standard InChI is InChI=1S/C34H49N3O4/c1-27(38)34(30-18-10-7-11-19-30)35-24-23-28-17-14-20-31(25-28)36-32(39)21-12-5-6-13-22-33(40)37-41-26-29-15-8-3-2-4-9-16-29/h7,10-11,14,17-20,25,29,34-35H,2-6,8-9,12-13,15-16,21-24,26H2,1H3,(H,36,39)(H,37,40). The van der Waals surface area contributed by atoms with Crippen LogP contribution in [0.5, 0.6) is 0 Å². The first-order valence-corrected chi connectivity index (χ1v) is 15.6. The fourth-order valence-electron chi connectivity index (χ4n) is 5.45. The summed E-state index contributed by atoms with van der Waals surface area (Å²) in [6.45, 7) is 2.88. The topological polar surface area (TPSA) is 96.5 Å². The van der Waals surface area contributed by atoms with Gasteiger partial charge in [-0.2, -0.15) is 0 Å². The van der Waals surface area contributed by atoms with E-state index >= 15 is 0 Å². The second-order valence-corrected chi connectivity index (χ2v) is 11.4. The molecule has 7 heteroatoms. The van der Waals surface area contributed by atoms with Crippen LogP contribution < -0.4 is 16.1 Å². The number of rotatable bonds is 17. The van der Waals surface area contributed by atoms with Crippen molar-refractivity contribution in [2.45, 2.75) is 103 Å². The quantitative estimate of drug-likeness (QED) is 0.145. The van der Waals surface area contributed by atoms with Crippen molar-refractivity contribution in [1.29, 1.82) is 0 Å². The first-order valence-electron chi connectivity index (χ1n) is 15.6. The van der Waals surface area contributed by atoms with E-state index in [0.29, 0.717) is 31.9 Å². The Hall–Kier alpha value is -3.03. The summed E-state index contributed by atoms with van der Waals surface area (Å²) in [7, 11) is 0. The number of benzene rings is 2. The summed E-state index contributed by atoms with van der Waals surface area (Å²) in [6.07, 6.45) is 14.0. The molecule has 1 atom stereocenters. The van der Waals surface area contributed by atoms with Gasteiger partial charge in [0.05, 0.1) is 12.6 Å². The smallest absolute Gasteiger partial charge is 0.243 e. The Bertz CT molecular complexity index is 1050. The van der Waals surface area contributed by atoms with Crippen LogP contribution in [0, 0.1) is 5.92 Å². The van der Waals surface area contributed by atoms with E-state index in [2.05, 4.69) is 16.1 Å². The van der Waals surface area contributed by atoms with Gasteiger partial charge in [0.2, 0.25) is 11.8 Å². The van der Waals surface area contributed by atoms with Crippen molar-refractivity contribution in [3.8, 4) is 0 Å². The van der Waals surface area contributed by atoms with Gasteiger partial charge in [-0.15, -0.1) is 0 Å². The summed E-state index contributed by atoms with van der Waals surface area (Å²) in [4.78, 5) is 42.1. The number of carbonyl (C=O) groups excluding carboxylic acids is 3. The molecule has 3 N–H and O–H groups in total. The zero-order valence-corrected chi connectivity index (χ0v) is 24.8. The van der Waals surface area contributed by atoms with Crippen LogP contribution in [0.25, 0.3) is 0 Å². The minimum Gasteiger partial charge on any atom is -0.326 e. The zero-order chi connectivity index (χ0) is 29.1. The summed E-state index contributed by atoms with van der Waals surface area (Å²) < 4.78 is 0. The Kier molecular flexibility index (Phi) is 15.2. The summed E-state index contributed by atoms with van der Waals surface area (Å²) in [5, 5.41) is 6.35. The zero-order valence-electron chi connectivity index (χ0n) is 24.8. The van der Waals surface area contributed by atoms with Gasteiger partial charge in [-0.05, 0) is 68.2 Å². The number of ketones is 1. The van der Waals surface area contributed by atoms with Crippen molar-refractivity contribution in [3.05, 3.63) is 65.7 Å². The second-order valence-electron chi connectivity index (χ2n) is 11.4. The molecule has 0 radical (unpaired) electrons. The van der Waals surface area contributed by atoms with E-state index in [9.17, 15) is 14.4 Å². The van der Waals surface area contributed by atoms with Crippen LogP contribution in [0.4, 0.5) is 5.69 Å². The normalized spacial score (nSPS) is 15.0. The molecule has 7 nitrogen and oxygen atoms in total. The van der Waals surface area contributed by atoms with Crippen molar-refractivity contribution >= 4 is 23.3 Å². The molecule has 3 rings (SSSR count). The number of Topliss-reactive ketones (excluding diaryl/α,β-unsaturated/α-hetero) is 1. The largest absolute Gasteiger partial charge is 0.326 e. The third-order valence-corrected chi connectivity index (χ3v) is 7.80. The average molecular weight is 564 g/mol. The molecule has 0 aliphatic heterocycles. The number of anilines is 1. The number of hydrogen-bond donors (Lipinski definition) is 3. The van der Waals surface area contributed by atoms with Crippen LogP contribution in [0.2, 0.25) is 0 Å². The van der Waals surface area contributed by atoms with Crippen molar-refractivity contribution in [1.82, 2.24) is 10.8 Å². The molecule has 0 saturated heterocycles. The summed E-state index contributed by atoms with van der Waals surface area (Å²) in [5.41, 5.74) is 5.46. The van der Waals surface area contributed by atoms with Crippen molar-refractivity contribution in [2.24, 2.45) is 5.92 Å². The Labute approximate surface area is 246 Å². The van der Waals surface area contributed by atoms with Crippen LogP contribution in [0.3, 0.4) is 0 Å². The molecule has 0 spiro atoms. The highest BCUT2D eigenvalue weighted by atomic mass is 16.6. The Morgan fingerprint density at radius 3 is 2.22 bits per heavy atom. The molecule has 0 aromatic heterocycles. The fourth-order valence-corrected chi connectivity index (χ4v) is 5.45. The third kappa shape index (κ3) is 13.5. The van der Waals surface area contributed by atoms with Crippen molar-refractivity contribution in [2.75, 3.05) is 18.5 Å². The molecule has 2 aromatic carbocycles. The number of hydroxylamine groups is 1. The summed E-state index contributed by atoms with van der Waals surface area (Å²) >= 11 is 0. The Balaban J connectivity index is 1.24. The summed E-state index contributed by atoms with van der Waals surface area (Å²) in [5.74, 6) is 0.596. The van der Waals surface area contributed by atoms with Gasteiger partial charge < -0.3 is 10.6 Å². The predicted molar refractivity (Wildman–Crippen MR) is 164 cm³/mol. The highest BCUT2D eigenvalue weighted by Crippen LogP contribution is 2.22. The monoisotopic (exact) mass is 563 g/mol. The van der Waals surface area contributed by atoms with Gasteiger partial charge in [-0.1, -0.05) is 87.4 Å². The molecule has 1 aliphatic rings. The molecule has 1 unspecified atom stereocenters. The minimum atomic E-state index is -0.317. The number of nitrogens with one attached hydrogen (secondary N) is 3. The molecular weight excluding hydrogens is 514 g/mol. The highest BCUT2D eigenvalue weighted by Gasteiger charge is 2.15. The molecule has 2 amide bonds. The molecule has 2 aromatic rings. The first kappa shape index (κ1) is 32.5. The Morgan fingerprint density at radius 1 is 0.829 bits per heavy atom. The summed E-state index contributed by atoms with van der Waals surface area (Å²) in [6, 6.07) is 17.3. The molecule has 41 heavy (non-hydrogen) atoms. The molecule has 0 bridgehead atoms. The lowest BCUT2D eigenvalue weighted by Gasteiger charge is -2.19. The maximum absolute atomic E-state index is 12.4. The van der Waals surface area contributed by atoms with Gasteiger partial charge >= 0.3 is 0 Å². The van der Waals surface area contributed by atoms with Crippen molar-refractivity contribution < 1.29 is 19.2 Å². The average Bonchev–Trinajstić information content (AvgIpc) is 2.94. The van der Waals surface area contributed by atoms with Crippen molar-refractivity contribution in [3.63, 3.8) is 0 Å². The maximum atomic E-state index is 12.4. The SMILES string of the molecule is CC(=O)C(NCCc1cccc(NC(=O)CCCCCCC(=O)NOCC2CCCCCCC2)c1)c1ccccc1. The molecule has 224 valence electrons. The van der Waals surface area contributed by atoms with Gasteiger partial charge in [0.1, 0.15) is 0 Å². The van der Waals surface area contributed by atoms with E-state index < -0.39 is 0 Å². The van der Waals surface area contributed by atoms with Gasteiger partial charge in [0, 0.05) is 25.1 Å². The molecule has 1 fully saturated rings.